The molecule has 0 bridgehead atoms. The molecular weight excluding hydrogens is 376 g/mol. The van der Waals surface area contributed by atoms with E-state index in [1.54, 1.807) is 12.0 Å². The number of rotatable bonds is 6. The molecule has 0 atom stereocenters. The number of oxime groups is 1. The molecule has 0 spiro atoms. The number of amides is 1. The van der Waals surface area contributed by atoms with Crippen molar-refractivity contribution in [2.24, 2.45) is 5.16 Å². The molecule has 30 heavy (non-hydrogen) atoms. The highest BCUT2D eigenvalue weighted by molar-refractivity contribution is 6.12. The standard InChI is InChI=1S/C25H24N2O3/c1-29-23-14-8-13-19-15-16-27(17-22(19)23)24(28)18-30-26-25(20-9-4-2-5-10-20)21-11-6-3-7-12-21/h2-14H,15-18H2,1H3. The lowest BCUT2D eigenvalue weighted by Gasteiger charge is -2.29. The van der Waals surface area contributed by atoms with Gasteiger partial charge in [-0.25, -0.2) is 0 Å². The molecule has 0 saturated carbocycles. The van der Waals surface area contributed by atoms with Crippen LogP contribution in [-0.4, -0.2) is 36.8 Å². The van der Waals surface area contributed by atoms with Crippen molar-refractivity contribution in [3.63, 3.8) is 0 Å². The molecule has 0 unspecified atom stereocenters. The minimum atomic E-state index is -0.104. The van der Waals surface area contributed by atoms with E-state index in [-0.39, 0.29) is 12.5 Å². The Morgan fingerprint density at radius 3 is 2.23 bits per heavy atom. The number of nitrogens with zero attached hydrogens (tertiary/aromatic N) is 2. The lowest BCUT2D eigenvalue weighted by atomic mass is 9.99. The van der Waals surface area contributed by atoms with Gasteiger partial charge >= 0.3 is 0 Å². The Morgan fingerprint density at radius 2 is 1.60 bits per heavy atom. The van der Waals surface area contributed by atoms with E-state index in [2.05, 4.69) is 11.2 Å². The van der Waals surface area contributed by atoms with Crippen LogP contribution in [0, 0.1) is 0 Å². The van der Waals surface area contributed by atoms with Crippen LogP contribution in [0.25, 0.3) is 0 Å². The number of ether oxygens (including phenoxy) is 1. The van der Waals surface area contributed by atoms with Gasteiger partial charge in [0.05, 0.1) is 7.11 Å². The van der Waals surface area contributed by atoms with Crippen LogP contribution in [-0.2, 0) is 22.6 Å². The molecule has 1 amide bonds. The number of hydrogen-bond acceptors (Lipinski definition) is 4. The fourth-order valence-corrected chi connectivity index (χ4v) is 3.66. The minimum Gasteiger partial charge on any atom is -0.496 e. The van der Waals surface area contributed by atoms with Crippen LogP contribution < -0.4 is 4.74 Å². The molecule has 3 aromatic rings. The molecule has 0 aromatic heterocycles. The molecule has 1 heterocycles. The second-order valence-electron chi connectivity index (χ2n) is 7.11. The van der Waals surface area contributed by atoms with Crippen molar-refractivity contribution in [2.45, 2.75) is 13.0 Å². The molecule has 1 aliphatic rings. The Kier molecular flexibility index (Phi) is 6.09. The summed E-state index contributed by atoms with van der Waals surface area (Å²) in [6.07, 6.45) is 0.806. The smallest absolute Gasteiger partial charge is 0.263 e. The first-order valence-corrected chi connectivity index (χ1v) is 9.99. The fraction of sp³-hybridized carbons (Fsp3) is 0.200. The van der Waals surface area contributed by atoms with E-state index >= 15 is 0 Å². The van der Waals surface area contributed by atoms with Crippen LogP contribution in [0.3, 0.4) is 0 Å². The summed E-state index contributed by atoms with van der Waals surface area (Å²) >= 11 is 0. The first-order valence-electron chi connectivity index (χ1n) is 9.99. The van der Waals surface area contributed by atoms with E-state index in [0.29, 0.717) is 18.8 Å². The van der Waals surface area contributed by atoms with Gasteiger partial charge in [-0.05, 0) is 18.1 Å². The van der Waals surface area contributed by atoms with Gasteiger partial charge in [0.15, 0.2) is 6.61 Å². The lowest BCUT2D eigenvalue weighted by Crippen LogP contribution is -2.38. The zero-order valence-electron chi connectivity index (χ0n) is 17.0. The summed E-state index contributed by atoms with van der Waals surface area (Å²) in [5.74, 6) is 0.732. The van der Waals surface area contributed by atoms with Gasteiger partial charge in [0.1, 0.15) is 11.5 Å². The van der Waals surface area contributed by atoms with Gasteiger partial charge in [-0.15, -0.1) is 0 Å². The molecule has 0 aliphatic carbocycles. The Morgan fingerprint density at radius 1 is 0.933 bits per heavy atom. The fourth-order valence-electron chi connectivity index (χ4n) is 3.66. The molecule has 0 fully saturated rings. The second-order valence-corrected chi connectivity index (χ2v) is 7.11. The monoisotopic (exact) mass is 400 g/mol. The summed E-state index contributed by atoms with van der Waals surface area (Å²) in [6, 6.07) is 25.7. The van der Waals surface area contributed by atoms with Crippen molar-refractivity contribution >= 4 is 11.6 Å². The maximum absolute atomic E-state index is 12.8. The third-order valence-corrected chi connectivity index (χ3v) is 5.24. The van der Waals surface area contributed by atoms with Crippen molar-refractivity contribution < 1.29 is 14.4 Å². The van der Waals surface area contributed by atoms with E-state index in [1.807, 2.05) is 72.8 Å². The van der Waals surface area contributed by atoms with E-state index in [9.17, 15) is 4.79 Å². The van der Waals surface area contributed by atoms with Gasteiger partial charge in [-0.2, -0.15) is 0 Å². The molecule has 3 aromatic carbocycles. The zero-order valence-corrected chi connectivity index (χ0v) is 17.0. The maximum Gasteiger partial charge on any atom is 0.263 e. The van der Waals surface area contributed by atoms with E-state index in [1.165, 1.54) is 5.56 Å². The van der Waals surface area contributed by atoms with Crippen molar-refractivity contribution in [1.29, 1.82) is 0 Å². The third-order valence-electron chi connectivity index (χ3n) is 5.24. The summed E-state index contributed by atoms with van der Waals surface area (Å²) in [7, 11) is 1.66. The van der Waals surface area contributed by atoms with Gasteiger partial charge in [0.25, 0.3) is 5.91 Å². The molecule has 0 saturated heterocycles. The topological polar surface area (TPSA) is 51.1 Å². The molecule has 5 heteroatoms. The number of benzene rings is 3. The largest absolute Gasteiger partial charge is 0.496 e. The number of fused-ring (bicyclic) bond motifs is 1. The minimum absolute atomic E-state index is 0.0872. The number of carbonyl (C=O) groups is 1. The molecule has 0 radical (unpaired) electrons. The van der Waals surface area contributed by atoms with Crippen molar-refractivity contribution in [3.8, 4) is 5.75 Å². The highest BCUT2D eigenvalue weighted by Crippen LogP contribution is 2.28. The van der Waals surface area contributed by atoms with Gasteiger partial charge in [0.2, 0.25) is 0 Å². The Hall–Kier alpha value is -3.60. The summed E-state index contributed by atoms with van der Waals surface area (Å²) in [4.78, 5) is 20.1. The average molecular weight is 400 g/mol. The lowest BCUT2D eigenvalue weighted by molar-refractivity contribution is -0.137. The Bertz CT molecular complexity index is 977. The van der Waals surface area contributed by atoms with E-state index in [0.717, 1.165) is 28.9 Å². The van der Waals surface area contributed by atoms with Crippen molar-refractivity contribution in [2.75, 3.05) is 20.3 Å². The second kappa shape index (κ2) is 9.27. The first-order chi connectivity index (χ1) is 14.8. The Labute approximate surface area is 176 Å². The van der Waals surface area contributed by atoms with Crippen LogP contribution in [0.4, 0.5) is 0 Å². The summed E-state index contributed by atoms with van der Waals surface area (Å²) in [5, 5.41) is 4.32. The highest BCUT2D eigenvalue weighted by atomic mass is 16.6. The normalized spacial score (nSPS) is 12.6. The summed E-state index contributed by atoms with van der Waals surface area (Å²) in [5.41, 5.74) is 4.88. The van der Waals surface area contributed by atoms with Crippen LogP contribution in [0.1, 0.15) is 22.3 Å². The summed E-state index contributed by atoms with van der Waals surface area (Å²) < 4.78 is 5.46. The SMILES string of the molecule is COc1cccc2c1CN(C(=O)CON=C(c1ccccc1)c1ccccc1)CC2. The van der Waals surface area contributed by atoms with E-state index in [4.69, 9.17) is 9.57 Å². The number of carbonyl (C=O) groups excluding carboxylic acids is 1. The number of hydrogen-bond donors (Lipinski definition) is 0. The van der Waals surface area contributed by atoms with E-state index < -0.39 is 0 Å². The molecular formula is C25H24N2O3. The molecule has 1 aliphatic heterocycles. The van der Waals surface area contributed by atoms with Crippen LogP contribution >= 0.6 is 0 Å². The van der Waals surface area contributed by atoms with Crippen molar-refractivity contribution in [1.82, 2.24) is 4.90 Å². The predicted octanol–water partition coefficient (Wildman–Crippen LogP) is 4.05. The van der Waals surface area contributed by atoms with Crippen LogP contribution in [0.2, 0.25) is 0 Å². The number of methoxy groups -OCH3 is 1. The van der Waals surface area contributed by atoms with Crippen LogP contribution in [0.15, 0.2) is 84.0 Å². The van der Waals surface area contributed by atoms with Gasteiger partial charge < -0.3 is 14.5 Å². The van der Waals surface area contributed by atoms with Crippen LogP contribution in [0.5, 0.6) is 5.75 Å². The maximum atomic E-state index is 12.8. The quantitative estimate of drug-likeness (QED) is 0.463. The highest BCUT2D eigenvalue weighted by Gasteiger charge is 2.23. The predicted molar refractivity (Wildman–Crippen MR) is 117 cm³/mol. The zero-order chi connectivity index (χ0) is 20.8. The molecule has 4 rings (SSSR count). The average Bonchev–Trinajstić information content (AvgIpc) is 2.82. The summed E-state index contributed by atoms with van der Waals surface area (Å²) in [6.45, 7) is 1.08. The molecule has 0 N–H and O–H groups in total. The molecule has 152 valence electrons. The third kappa shape index (κ3) is 4.35. The Balaban J connectivity index is 1.47. The molecule has 5 nitrogen and oxygen atoms in total. The van der Waals surface area contributed by atoms with Gasteiger partial charge in [0, 0.05) is 29.8 Å². The van der Waals surface area contributed by atoms with Gasteiger partial charge in [-0.3, -0.25) is 4.79 Å². The van der Waals surface area contributed by atoms with Gasteiger partial charge in [-0.1, -0.05) is 78.0 Å². The van der Waals surface area contributed by atoms with Crippen molar-refractivity contribution in [3.05, 3.63) is 101 Å². The first kappa shape index (κ1) is 19.7.